The number of para-hydroxylation sites is 2. The van der Waals surface area contributed by atoms with Crippen LogP contribution in [0.1, 0.15) is 11.1 Å². The van der Waals surface area contributed by atoms with E-state index in [9.17, 15) is 0 Å². The zero-order chi connectivity index (χ0) is 17.9. The van der Waals surface area contributed by atoms with E-state index in [1.165, 1.54) is 5.69 Å². The van der Waals surface area contributed by atoms with E-state index in [0.29, 0.717) is 0 Å². The van der Waals surface area contributed by atoms with Crippen LogP contribution in [0.25, 0.3) is 17.0 Å². The molecule has 0 saturated carbocycles. The van der Waals surface area contributed by atoms with Crippen LogP contribution in [0.2, 0.25) is 0 Å². The highest BCUT2D eigenvalue weighted by Crippen LogP contribution is 2.12. The van der Waals surface area contributed by atoms with Gasteiger partial charge in [0.05, 0.1) is 12.4 Å². The molecule has 0 fully saturated rings. The molecule has 4 aromatic rings. The van der Waals surface area contributed by atoms with Crippen LogP contribution in [0.5, 0.6) is 0 Å². The van der Waals surface area contributed by atoms with Gasteiger partial charge in [-0.15, -0.1) is 0 Å². The van der Waals surface area contributed by atoms with E-state index in [1.807, 2.05) is 79.6 Å². The zero-order valence-electron chi connectivity index (χ0n) is 14.8. The van der Waals surface area contributed by atoms with Crippen LogP contribution in [-0.4, -0.2) is 24.1 Å². The number of hydrogen-bond donors (Lipinski definition) is 1. The molecule has 4 heteroatoms. The first kappa shape index (κ1) is 15.9. The van der Waals surface area contributed by atoms with Gasteiger partial charge >= 0.3 is 5.95 Å². The summed E-state index contributed by atoms with van der Waals surface area (Å²) in [5, 5.41) is 0. The maximum atomic E-state index is 4.60. The van der Waals surface area contributed by atoms with Crippen molar-refractivity contribution in [2.45, 2.75) is 0 Å². The highest BCUT2D eigenvalue weighted by atomic mass is 15.1. The minimum absolute atomic E-state index is 0.796. The van der Waals surface area contributed by atoms with E-state index in [2.05, 4.69) is 38.8 Å². The molecule has 2 aromatic carbocycles. The van der Waals surface area contributed by atoms with Crippen molar-refractivity contribution >= 4 is 16.7 Å². The predicted octanol–water partition coefficient (Wildman–Crippen LogP) is 3.31. The van der Waals surface area contributed by atoms with Gasteiger partial charge in [0.2, 0.25) is 0 Å². The van der Waals surface area contributed by atoms with Crippen LogP contribution in [0, 0.1) is 11.8 Å². The molecule has 2 heterocycles. The lowest BCUT2D eigenvalue weighted by Crippen LogP contribution is -2.30. The predicted molar refractivity (Wildman–Crippen MR) is 104 cm³/mol. The number of imidazole rings is 1. The van der Waals surface area contributed by atoms with Crippen molar-refractivity contribution in [1.82, 2.24) is 9.97 Å². The summed E-state index contributed by atoms with van der Waals surface area (Å²) in [5.41, 5.74) is 5.13. The van der Waals surface area contributed by atoms with Gasteiger partial charge in [-0.2, -0.15) is 0 Å². The number of aromatic amines is 1. The molecule has 4 rings (SSSR count). The fourth-order valence-corrected chi connectivity index (χ4v) is 2.70. The quantitative estimate of drug-likeness (QED) is 0.449. The van der Waals surface area contributed by atoms with E-state index in [1.54, 1.807) is 0 Å². The number of aromatic nitrogens is 3. The van der Waals surface area contributed by atoms with Crippen molar-refractivity contribution in [3.05, 3.63) is 84.2 Å². The van der Waals surface area contributed by atoms with Crippen LogP contribution in [0.3, 0.4) is 0 Å². The minimum Gasteiger partial charge on any atom is -0.378 e. The number of fused-ring (bicyclic) bond motifs is 1. The Hall–Kier alpha value is -3.58. The second kappa shape index (κ2) is 6.73. The Morgan fingerprint density at radius 1 is 0.846 bits per heavy atom. The lowest BCUT2D eigenvalue weighted by Gasteiger charge is -2.11. The number of rotatable bonds is 2. The van der Waals surface area contributed by atoms with Gasteiger partial charge in [-0.1, -0.05) is 29.0 Å². The first-order chi connectivity index (χ1) is 12.7. The number of nitrogens with one attached hydrogen (secondary N) is 1. The molecular formula is C22H19N4+. The smallest absolute Gasteiger partial charge is 0.378 e. The molecule has 0 aliphatic carbocycles. The van der Waals surface area contributed by atoms with Crippen molar-refractivity contribution in [3.8, 4) is 17.8 Å². The molecule has 0 saturated heterocycles. The molecule has 0 unspecified atom stereocenters. The van der Waals surface area contributed by atoms with Gasteiger partial charge in [0, 0.05) is 30.9 Å². The Morgan fingerprint density at radius 3 is 2.15 bits per heavy atom. The molecule has 0 bridgehead atoms. The standard InChI is InChI=1S/C22H19N4/c1-25(2)19-11-9-17(10-12-19)7-8-18-13-15-26(16-14-18)22-23-20-5-3-4-6-21(20)24-22/h3-6,9-16H,1-2H3,(H,23,24)/q+1. The van der Waals surface area contributed by atoms with Crippen LogP contribution < -0.4 is 9.47 Å². The highest BCUT2D eigenvalue weighted by molar-refractivity contribution is 5.75. The first-order valence-corrected chi connectivity index (χ1v) is 8.45. The van der Waals surface area contributed by atoms with Crippen molar-refractivity contribution < 1.29 is 4.57 Å². The van der Waals surface area contributed by atoms with Crippen LogP contribution in [-0.2, 0) is 0 Å². The Bertz CT molecular complexity index is 1060. The third-order valence-electron chi connectivity index (χ3n) is 4.19. The molecule has 0 spiro atoms. The Balaban J connectivity index is 1.54. The lowest BCUT2D eigenvalue weighted by molar-refractivity contribution is -0.603. The molecule has 4 nitrogen and oxygen atoms in total. The molecule has 2 aromatic heterocycles. The number of hydrogen-bond acceptors (Lipinski definition) is 2. The van der Waals surface area contributed by atoms with Gasteiger partial charge < -0.3 is 4.90 Å². The van der Waals surface area contributed by atoms with E-state index in [0.717, 1.165) is 28.1 Å². The maximum absolute atomic E-state index is 4.60. The topological polar surface area (TPSA) is 35.8 Å². The summed E-state index contributed by atoms with van der Waals surface area (Å²) in [6, 6.07) is 20.2. The summed E-state index contributed by atoms with van der Waals surface area (Å²) >= 11 is 0. The fraction of sp³-hybridized carbons (Fsp3) is 0.0909. The monoisotopic (exact) mass is 339 g/mol. The molecular weight excluding hydrogens is 320 g/mol. The fourth-order valence-electron chi connectivity index (χ4n) is 2.70. The van der Waals surface area contributed by atoms with Gasteiger partial charge in [0.25, 0.3) is 0 Å². The zero-order valence-corrected chi connectivity index (χ0v) is 14.8. The first-order valence-electron chi connectivity index (χ1n) is 8.45. The second-order valence-electron chi connectivity index (χ2n) is 6.26. The normalized spacial score (nSPS) is 10.4. The lowest BCUT2D eigenvalue weighted by atomic mass is 10.2. The second-order valence-corrected chi connectivity index (χ2v) is 6.26. The Kier molecular flexibility index (Phi) is 4.12. The van der Waals surface area contributed by atoms with Crippen molar-refractivity contribution in [2.24, 2.45) is 0 Å². The molecule has 126 valence electrons. The number of benzene rings is 2. The highest BCUT2D eigenvalue weighted by Gasteiger charge is 2.12. The van der Waals surface area contributed by atoms with Crippen molar-refractivity contribution in [2.75, 3.05) is 19.0 Å². The van der Waals surface area contributed by atoms with Crippen LogP contribution >= 0.6 is 0 Å². The number of nitrogens with zero attached hydrogens (tertiary/aromatic N) is 3. The van der Waals surface area contributed by atoms with Crippen LogP contribution in [0.4, 0.5) is 5.69 Å². The summed E-state index contributed by atoms with van der Waals surface area (Å²) < 4.78 is 1.96. The molecule has 0 atom stereocenters. The summed E-state index contributed by atoms with van der Waals surface area (Å²) in [6.45, 7) is 0. The third-order valence-corrected chi connectivity index (χ3v) is 4.19. The van der Waals surface area contributed by atoms with E-state index in [4.69, 9.17) is 0 Å². The SMILES string of the molecule is CN(C)c1ccc(C#Cc2cc[n+](-c3nc4ccccc4[nH]3)cc2)cc1. The molecule has 26 heavy (non-hydrogen) atoms. The van der Waals surface area contributed by atoms with Gasteiger partial charge in [0.15, 0.2) is 5.52 Å². The molecule has 1 N–H and O–H groups in total. The van der Waals surface area contributed by atoms with E-state index >= 15 is 0 Å². The summed E-state index contributed by atoms with van der Waals surface area (Å²) in [6.07, 6.45) is 3.94. The largest absolute Gasteiger partial charge is 0.401 e. The Morgan fingerprint density at radius 2 is 1.50 bits per heavy atom. The van der Waals surface area contributed by atoms with Crippen molar-refractivity contribution in [3.63, 3.8) is 0 Å². The summed E-state index contributed by atoms with van der Waals surface area (Å²) in [5.74, 6) is 7.21. The van der Waals surface area contributed by atoms with Gasteiger partial charge in [-0.3, -0.25) is 0 Å². The maximum Gasteiger partial charge on any atom is 0.401 e. The van der Waals surface area contributed by atoms with E-state index < -0.39 is 0 Å². The number of pyridine rings is 1. The molecule has 0 amide bonds. The molecule has 0 aliphatic heterocycles. The van der Waals surface area contributed by atoms with Gasteiger partial charge in [0.1, 0.15) is 5.52 Å². The van der Waals surface area contributed by atoms with Gasteiger partial charge in [-0.05, 0) is 48.5 Å². The Labute approximate surface area is 152 Å². The number of H-pyrrole nitrogens is 1. The van der Waals surface area contributed by atoms with E-state index in [-0.39, 0.29) is 0 Å². The summed E-state index contributed by atoms with van der Waals surface area (Å²) in [4.78, 5) is 9.99. The summed E-state index contributed by atoms with van der Waals surface area (Å²) in [7, 11) is 4.06. The van der Waals surface area contributed by atoms with Gasteiger partial charge in [-0.25, -0.2) is 9.55 Å². The third kappa shape index (κ3) is 3.28. The average molecular weight is 339 g/mol. The van der Waals surface area contributed by atoms with Crippen molar-refractivity contribution in [1.29, 1.82) is 0 Å². The van der Waals surface area contributed by atoms with Crippen LogP contribution in [0.15, 0.2) is 73.1 Å². The average Bonchev–Trinajstić information content (AvgIpc) is 3.11. The number of anilines is 1. The molecule has 0 radical (unpaired) electrons. The molecule has 0 aliphatic rings. The minimum atomic E-state index is 0.796.